The van der Waals surface area contributed by atoms with Crippen molar-refractivity contribution in [2.24, 2.45) is 0 Å². The summed E-state index contributed by atoms with van der Waals surface area (Å²) in [5, 5.41) is 8.04. The lowest BCUT2D eigenvalue weighted by Crippen LogP contribution is -2.33. The number of thiophene rings is 1. The van der Waals surface area contributed by atoms with Crippen LogP contribution in [0.1, 0.15) is 20.1 Å². The lowest BCUT2D eigenvalue weighted by Gasteiger charge is -2.26. The number of aldehydes is 1. The fourth-order valence-corrected chi connectivity index (χ4v) is 3.67. The second kappa shape index (κ2) is 9.76. The molecular weight excluding hydrogens is 348 g/mol. The van der Waals surface area contributed by atoms with Crippen molar-refractivity contribution in [2.75, 3.05) is 26.7 Å². The van der Waals surface area contributed by atoms with E-state index in [9.17, 15) is 4.79 Å². The number of carbonyl (C=O) groups excluding carboxylic acids is 1. The van der Waals surface area contributed by atoms with Gasteiger partial charge in [-0.15, -0.1) is 11.3 Å². The number of rotatable bonds is 5. The van der Waals surface area contributed by atoms with Crippen molar-refractivity contribution >= 4 is 29.2 Å². The minimum atomic E-state index is 0.656. The topological polar surface area (TPSA) is 61.8 Å². The number of halogens is 1. The Morgan fingerprint density at radius 2 is 2.12 bits per heavy atom. The van der Waals surface area contributed by atoms with Gasteiger partial charge in [-0.3, -0.25) is 9.69 Å². The molecule has 0 saturated carbocycles. The third kappa shape index (κ3) is 5.58. The molecule has 7 heteroatoms. The minimum Gasteiger partial charge on any atom is -0.492 e. The molecule has 0 saturated heterocycles. The fraction of sp³-hybridized carbons (Fsp3) is 0.353. The Bertz CT molecular complexity index is 646. The number of hydrogen-bond acceptors (Lipinski definition) is 6. The van der Waals surface area contributed by atoms with Crippen molar-refractivity contribution in [2.45, 2.75) is 13.0 Å². The first kappa shape index (κ1) is 18.9. The van der Waals surface area contributed by atoms with E-state index in [0.717, 1.165) is 48.0 Å². The van der Waals surface area contributed by atoms with Crippen LogP contribution in [-0.4, -0.2) is 43.1 Å². The van der Waals surface area contributed by atoms with E-state index in [-0.39, 0.29) is 0 Å². The number of ether oxygens (including phenoxy) is 1. The van der Waals surface area contributed by atoms with Gasteiger partial charge in [-0.05, 0) is 42.3 Å². The molecule has 1 aromatic carbocycles. The summed E-state index contributed by atoms with van der Waals surface area (Å²) in [6.07, 6.45) is 1.96. The summed E-state index contributed by atoms with van der Waals surface area (Å²) in [5.74, 6) is 0.844. The molecule has 24 heavy (non-hydrogen) atoms. The van der Waals surface area contributed by atoms with Gasteiger partial charge in [0.25, 0.3) is 0 Å². The number of hydrogen-bond donors (Lipinski definition) is 2. The summed E-state index contributed by atoms with van der Waals surface area (Å²) < 4.78 is 5.73. The zero-order valence-corrected chi connectivity index (χ0v) is 15.1. The standard InChI is InChI=1S/C16H16ClNO2S.CH5NO/c17-13-1-3-14(4-2-13)20-8-7-18-6-5-12-9-15(11-19)21-16(12)10-18;1-2-3/h1-4,9,11H,5-8,10H2;2-3H,1H3. The van der Waals surface area contributed by atoms with Gasteiger partial charge in [0.1, 0.15) is 12.4 Å². The van der Waals surface area contributed by atoms with Crippen molar-refractivity contribution in [1.29, 1.82) is 0 Å². The van der Waals surface area contributed by atoms with Crippen molar-refractivity contribution in [3.05, 3.63) is 50.7 Å². The third-order valence-electron chi connectivity index (χ3n) is 3.59. The van der Waals surface area contributed by atoms with Gasteiger partial charge in [0.05, 0.1) is 4.88 Å². The summed E-state index contributed by atoms with van der Waals surface area (Å²) in [5.41, 5.74) is 3.08. The molecule has 1 aliphatic rings. The number of hydroxylamine groups is 1. The number of nitrogens with zero attached hydrogens (tertiary/aromatic N) is 1. The number of carbonyl (C=O) groups is 1. The molecule has 2 heterocycles. The highest BCUT2D eigenvalue weighted by Gasteiger charge is 2.18. The molecule has 0 amide bonds. The van der Waals surface area contributed by atoms with Gasteiger partial charge in [-0.25, -0.2) is 5.48 Å². The van der Waals surface area contributed by atoms with Crippen LogP contribution < -0.4 is 10.2 Å². The summed E-state index contributed by atoms with van der Waals surface area (Å²) in [4.78, 5) is 15.3. The van der Waals surface area contributed by atoms with Gasteiger partial charge < -0.3 is 9.94 Å². The Morgan fingerprint density at radius 1 is 1.42 bits per heavy atom. The Labute approximate surface area is 150 Å². The van der Waals surface area contributed by atoms with E-state index >= 15 is 0 Å². The largest absolute Gasteiger partial charge is 0.492 e. The predicted molar refractivity (Wildman–Crippen MR) is 96.5 cm³/mol. The van der Waals surface area contributed by atoms with Crippen LogP contribution in [-0.2, 0) is 13.0 Å². The number of nitrogens with one attached hydrogen (secondary N) is 1. The molecule has 0 spiro atoms. The first-order valence-electron chi connectivity index (χ1n) is 7.64. The van der Waals surface area contributed by atoms with Gasteiger partial charge in [0.15, 0.2) is 6.29 Å². The lowest BCUT2D eigenvalue weighted by atomic mass is 10.1. The maximum absolute atomic E-state index is 10.8. The molecule has 0 fully saturated rings. The van der Waals surface area contributed by atoms with E-state index in [1.54, 1.807) is 16.8 Å². The Morgan fingerprint density at radius 3 is 2.79 bits per heavy atom. The van der Waals surface area contributed by atoms with E-state index in [0.29, 0.717) is 6.61 Å². The normalized spacial score (nSPS) is 13.6. The van der Waals surface area contributed by atoms with Crippen LogP contribution >= 0.6 is 22.9 Å². The molecule has 0 unspecified atom stereocenters. The molecule has 0 radical (unpaired) electrons. The lowest BCUT2D eigenvalue weighted by molar-refractivity contribution is 0.112. The van der Waals surface area contributed by atoms with E-state index in [1.807, 2.05) is 30.3 Å². The summed E-state index contributed by atoms with van der Waals surface area (Å²) >= 11 is 7.45. The van der Waals surface area contributed by atoms with Crippen LogP contribution in [0.15, 0.2) is 30.3 Å². The molecular formula is C17H21ClN2O3S. The van der Waals surface area contributed by atoms with Crippen molar-refractivity contribution in [1.82, 2.24) is 10.4 Å². The average molecular weight is 369 g/mol. The van der Waals surface area contributed by atoms with Gasteiger partial charge in [-0.1, -0.05) is 11.6 Å². The zero-order valence-electron chi connectivity index (χ0n) is 13.5. The molecule has 1 aliphatic heterocycles. The van der Waals surface area contributed by atoms with E-state index in [1.165, 1.54) is 17.5 Å². The first-order valence-corrected chi connectivity index (χ1v) is 8.84. The molecule has 5 nitrogen and oxygen atoms in total. The van der Waals surface area contributed by atoms with E-state index < -0.39 is 0 Å². The maximum atomic E-state index is 10.8. The Balaban J connectivity index is 0.000000647. The molecule has 2 N–H and O–H groups in total. The van der Waals surface area contributed by atoms with E-state index in [2.05, 4.69) is 4.90 Å². The first-order chi connectivity index (χ1) is 11.7. The van der Waals surface area contributed by atoms with Crippen LogP contribution in [0.5, 0.6) is 5.75 Å². The highest BCUT2D eigenvalue weighted by molar-refractivity contribution is 7.13. The van der Waals surface area contributed by atoms with Gasteiger partial charge >= 0.3 is 0 Å². The van der Waals surface area contributed by atoms with Crippen molar-refractivity contribution in [3.8, 4) is 5.75 Å². The quantitative estimate of drug-likeness (QED) is 0.626. The van der Waals surface area contributed by atoms with Crippen molar-refractivity contribution in [3.63, 3.8) is 0 Å². The summed E-state index contributed by atoms with van der Waals surface area (Å²) in [7, 11) is 1.43. The average Bonchev–Trinajstić information content (AvgIpc) is 3.00. The second-order valence-corrected chi connectivity index (χ2v) is 6.87. The summed E-state index contributed by atoms with van der Waals surface area (Å²) in [6, 6.07) is 9.44. The SMILES string of the molecule is CNO.O=Cc1cc2c(s1)CN(CCOc1ccc(Cl)cc1)CC2. The molecule has 2 aromatic rings. The van der Waals surface area contributed by atoms with Crippen molar-refractivity contribution < 1.29 is 14.7 Å². The van der Waals surface area contributed by atoms with Crippen LogP contribution in [0.4, 0.5) is 0 Å². The molecule has 0 bridgehead atoms. The highest BCUT2D eigenvalue weighted by Crippen LogP contribution is 2.27. The highest BCUT2D eigenvalue weighted by atomic mass is 35.5. The van der Waals surface area contributed by atoms with Gasteiger partial charge in [-0.2, -0.15) is 0 Å². The molecule has 0 atom stereocenters. The zero-order chi connectivity index (χ0) is 17.4. The number of benzene rings is 1. The maximum Gasteiger partial charge on any atom is 0.160 e. The predicted octanol–water partition coefficient (Wildman–Crippen LogP) is 3.25. The molecule has 1 aromatic heterocycles. The molecule has 130 valence electrons. The molecule has 3 rings (SSSR count). The van der Waals surface area contributed by atoms with E-state index in [4.69, 9.17) is 21.5 Å². The fourth-order valence-electron chi connectivity index (χ4n) is 2.47. The second-order valence-electron chi connectivity index (χ2n) is 5.27. The third-order valence-corrected chi connectivity index (χ3v) is 4.93. The summed E-state index contributed by atoms with van der Waals surface area (Å²) in [6.45, 7) is 3.48. The van der Waals surface area contributed by atoms with Crippen LogP contribution in [0.25, 0.3) is 0 Å². The smallest absolute Gasteiger partial charge is 0.160 e. The Kier molecular flexibility index (Phi) is 7.68. The Hall–Kier alpha value is -1.44. The van der Waals surface area contributed by atoms with Gasteiger partial charge in [0.2, 0.25) is 0 Å². The van der Waals surface area contributed by atoms with Gasteiger partial charge in [0, 0.05) is 36.6 Å². The molecule has 0 aliphatic carbocycles. The van der Waals surface area contributed by atoms with Crippen LogP contribution in [0, 0.1) is 0 Å². The minimum absolute atomic E-state index is 0.656. The number of fused-ring (bicyclic) bond motifs is 1. The van der Waals surface area contributed by atoms with Crippen LogP contribution in [0.2, 0.25) is 5.02 Å². The van der Waals surface area contributed by atoms with Crippen LogP contribution in [0.3, 0.4) is 0 Å². The monoisotopic (exact) mass is 368 g/mol.